The van der Waals surface area contributed by atoms with Gasteiger partial charge in [0.05, 0.1) is 23.5 Å². The molecule has 0 radical (unpaired) electrons. The minimum Gasteiger partial charge on any atom is -0.495 e. The molecular formula is C12H13ClN4O3S. The van der Waals surface area contributed by atoms with E-state index in [9.17, 15) is 8.42 Å². The maximum Gasteiger partial charge on any atom is 0.281 e. The third kappa shape index (κ3) is 3.35. The van der Waals surface area contributed by atoms with Gasteiger partial charge in [0, 0.05) is 6.20 Å². The van der Waals surface area contributed by atoms with Crippen LogP contribution in [0.5, 0.6) is 5.75 Å². The van der Waals surface area contributed by atoms with E-state index < -0.39 is 10.0 Å². The summed E-state index contributed by atoms with van der Waals surface area (Å²) in [7, 11) is -2.43. The monoisotopic (exact) mass is 328 g/mol. The van der Waals surface area contributed by atoms with Crippen molar-refractivity contribution in [3.05, 3.63) is 41.6 Å². The summed E-state index contributed by atoms with van der Waals surface area (Å²) in [6.45, 7) is 0. The first-order valence-electron chi connectivity index (χ1n) is 5.76. The molecule has 7 nitrogen and oxygen atoms in total. The van der Waals surface area contributed by atoms with Gasteiger partial charge in [0.25, 0.3) is 10.0 Å². The molecule has 4 N–H and O–H groups in total. The molecule has 0 unspecified atom stereocenters. The molecule has 1 aromatic carbocycles. The SMILES string of the molecule is COc1ccc(NS(=O)(=O)c2ncccc2NN)cc1Cl. The maximum atomic E-state index is 12.3. The largest absolute Gasteiger partial charge is 0.495 e. The summed E-state index contributed by atoms with van der Waals surface area (Å²) < 4.78 is 32.0. The smallest absolute Gasteiger partial charge is 0.281 e. The van der Waals surface area contributed by atoms with Crippen LogP contribution in [0.4, 0.5) is 11.4 Å². The number of nitrogen functional groups attached to an aromatic ring is 1. The summed E-state index contributed by atoms with van der Waals surface area (Å²) in [6.07, 6.45) is 1.36. The Morgan fingerprint density at radius 2 is 2.10 bits per heavy atom. The zero-order chi connectivity index (χ0) is 15.5. The minimum absolute atomic E-state index is 0.185. The number of sulfonamides is 1. The molecule has 0 bridgehead atoms. The molecule has 0 aliphatic heterocycles. The Balaban J connectivity index is 2.35. The van der Waals surface area contributed by atoms with E-state index in [-0.39, 0.29) is 21.4 Å². The van der Waals surface area contributed by atoms with Crippen molar-refractivity contribution in [3.63, 3.8) is 0 Å². The number of hydrazine groups is 1. The van der Waals surface area contributed by atoms with Gasteiger partial charge in [-0.2, -0.15) is 8.42 Å². The number of nitrogens with one attached hydrogen (secondary N) is 2. The van der Waals surface area contributed by atoms with Crippen molar-refractivity contribution in [2.45, 2.75) is 5.03 Å². The molecular weight excluding hydrogens is 316 g/mol. The first kappa shape index (κ1) is 15.4. The Labute approximate surface area is 127 Å². The lowest BCUT2D eigenvalue weighted by Crippen LogP contribution is -2.18. The number of hydrogen-bond donors (Lipinski definition) is 3. The van der Waals surface area contributed by atoms with Crippen LogP contribution in [0.1, 0.15) is 0 Å². The van der Waals surface area contributed by atoms with Crippen molar-refractivity contribution in [2.24, 2.45) is 5.84 Å². The average molecular weight is 329 g/mol. The van der Waals surface area contributed by atoms with Crippen molar-refractivity contribution in [3.8, 4) is 5.75 Å². The molecule has 0 saturated heterocycles. The molecule has 0 aliphatic rings. The van der Waals surface area contributed by atoms with Crippen molar-refractivity contribution < 1.29 is 13.2 Å². The fraction of sp³-hybridized carbons (Fsp3) is 0.0833. The Hall–Kier alpha value is -2.03. The molecule has 2 aromatic rings. The highest BCUT2D eigenvalue weighted by Gasteiger charge is 2.20. The summed E-state index contributed by atoms with van der Waals surface area (Å²) in [6, 6.07) is 7.60. The van der Waals surface area contributed by atoms with Gasteiger partial charge in [-0.1, -0.05) is 11.6 Å². The Bertz CT molecular complexity index is 752. The summed E-state index contributed by atoms with van der Waals surface area (Å²) in [5.74, 6) is 5.73. The van der Waals surface area contributed by atoms with Crippen LogP contribution >= 0.6 is 11.6 Å². The lowest BCUT2D eigenvalue weighted by molar-refractivity contribution is 0.415. The van der Waals surface area contributed by atoms with Gasteiger partial charge in [0.2, 0.25) is 5.03 Å². The Morgan fingerprint density at radius 1 is 1.33 bits per heavy atom. The number of aromatic nitrogens is 1. The van der Waals surface area contributed by atoms with Crippen LogP contribution in [0.3, 0.4) is 0 Å². The van der Waals surface area contributed by atoms with E-state index in [0.29, 0.717) is 5.75 Å². The molecule has 0 spiro atoms. The highest BCUT2D eigenvalue weighted by molar-refractivity contribution is 7.92. The van der Waals surface area contributed by atoms with Gasteiger partial charge in [-0.25, -0.2) is 4.98 Å². The number of nitrogens with zero attached hydrogens (tertiary/aromatic N) is 1. The second kappa shape index (κ2) is 6.17. The van der Waals surface area contributed by atoms with Crippen LogP contribution in [0.15, 0.2) is 41.6 Å². The fourth-order valence-corrected chi connectivity index (χ4v) is 3.06. The zero-order valence-corrected chi connectivity index (χ0v) is 12.6. The van der Waals surface area contributed by atoms with Crippen LogP contribution in [-0.2, 0) is 10.0 Å². The van der Waals surface area contributed by atoms with E-state index in [0.717, 1.165) is 0 Å². The van der Waals surface area contributed by atoms with Crippen LogP contribution in [0.2, 0.25) is 5.02 Å². The van der Waals surface area contributed by atoms with Crippen molar-refractivity contribution >= 4 is 33.0 Å². The van der Waals surface area contributed by atoms with Gasteiger partial charge in [0.1, 0.15) is 5.75 Å². The van der Waals surface area contributed by atoms with Crippen molar-refractivity contribution in [2.75, 3.05) is 17.3 Å². The van der Waals surface area contributed by atoms with E-state index in [4.69, 9.17) is 22.2 Å². The minimum atomic E-state index is -3.90. The van der Waals surface area contributed by atoms with Gasteiger partial charge in [-0.3, -0.25) is 10.6 Å². The van der Waals surface area contributed by atoms with Crippen molar-refractivity contribution in [1.29, 1.82) is 0 Å². The van der Waals surface area contributed by atoms with Crippen LogP contribution in [0, 0.1) is 0 Å². The van der Waals surface area contributed by atoms with E-state index in [1.807, 2.05) is 0 Å². The Kier molecular flexibility index (Phi) is 4.51. The standard InChI is InChI=1S/C12H13ClN4O3S/c1-20-11-5-4-8(7-9(11)13)17-21(18,19)12-10(16-14)3-2-6-15-12/h2-7,16-17H,14H2,1H3. The first-order chi connectivity index (χ1) is 9.97. The number of rotatable bonds is 5. The van der Waals surface area contributed by atoms with Crippen LogP contribution in [0.25, 0.3) is 0 Å². The molecule has 0 aliphatic carbocycles. The lowest BCUT2D eigenvalue weighted by Gasteiger charge is -2.11. The topological polar surface area (TPSA) is 106 Å². The highest BCUT2D eigenvalue weighted by Crippen LogP contribution is 2.28. The second-order valence-corrected chi connectivity index (χ2v) is 5.96. The summed E-state index contributed by atoms with van der Waals surface area (Å²) >= 11 is 5.96. The van der Waals surface area contributed by atoms with Gasteiger partial charge in [-0.15, -0.1) is 0 Å². The summed E-state index contributed by atoms with van der Waals surface area (Å²) in [4.78, 5) is 3.82. The summed E-state index contributed by atoms with van der Waals surface area (Å²) in [5.41, 5.74) is 2.76. The van der Waals surface area contributed by atoms with Gasteiger partial charge < -0.3 is 10.2 Å². The fourth-order valence-electron chi connectivity index (χ4n) is 1.65. The zero-order valence-electron chi connectivity index (χ0n) is 11.0. The number of benzene rings is 1. The number of ether oxygens (including phenoxy) is 1. The number of halogens is 1. The Morgan fingerprint density at radius 3 is 2.71 bits per heavy atom. The molecule has 1 aromatic heterocycles. The first-order valence-corrected chi connectivity index (χ1v) is 7.62. The van der Waals surface area contributed by atoms with Crippen LogP contribution < -0.4 is 20.7 Å². The average Bonchev–Trinajstić information content (AvgIpc) is 2.47. The van der Waals surface area contributed by atoms with E-state index >= 15 is 0 Å². The molecule has 112 valence electrons. The quantitative estimate of drug-likeness (QED) is 0.571. The summed E-state index contributed by atoms with van der Waals surface area (Å²) in [5, 5.41) is 0.0790. The molecule has 2 rings (SSSR count). The van der Waals surface area contributed by atoms with Crippen LogP contribution in [-0.4, -0.2) is 20.5 Å². The predicted molar refractivity (Wildman–Crippen MR) is 80.9 cm³/mol. The highest BCUT2D eigenvalue weighted by atomic mass is 35.5. The molecule has 1 heterocycles. The number of pyridine rings is 1. The number of anilines is 2. The third-order valence-electron chi connectivity index (χ3n) is 2.59. The second-order valence-electron chi connectivity index (χ2n) is 3.96. The normalized spacial score (nSPS) is 11.0. The maximum absolute atomic E-state index is 12.3. The number of nitrogens with two attached hydrogens (primary N) is 1. The van der Waals surface area contributed by atoms with Gasteiger partial charge >= 0.3 is 0 Å². The molecule has 0 fully saturated rings. The van der Waals surface area contributed by atoms with E-state index in [2.05, 4.69) is 15.1 Å². The molecule has 0 amide bonds. The predicted octanol–water partition coefficient (Wildman–Crippen LogP) is 1.83. The number of hydrogen-bond acceptors (Lipinski definition) is 6. The van der Waals surface area contributed by atoms with E-state index in [1.54, 1.807) is 12.1 Å². The van der Waals surface area contributed by atoms with Gasteiger partial charge in [0.15, 0.2) is 0 Å². The molecule has 0 atom stereocenters. The third-order valence-corrected chi connectivity index (χ3v) is 4.22. The molecule has 0 saturated carbocycles. The van der Waals surface area contributed by atoms with Gasteiger partial charge in [-0.05, 0) is 30.3 Å². The van der Waals surface area contributed by atoms with E-state index in [1.165, 1.54) is 31.5 Å². The molecule has 21 heavy (non-hydrogen) atoms. The molecule has 9 heteroatoms. The lowest BCUT2D eigenvalue weighted by atomic mass is 10.3. The number of methoxy groups -OCH3 is 1. The van der Waals surface area contributed by atoms with Crippen molar-refractivity contribution in [1.82, 2.24) is 4.98 Å².